The molecule has 130 valence electrons. The molecule has 0 aromatic heterocycles. The molecule has 0 saturated carbocycles. The van der Waals surface area contributed by atoms with Gasteiger partial charge in [0.2, 0.25) is 0 Å². The van der Waals surface area contributed by atoms with E-state index in [1.807, 2.05) is 0 Å². The van der Waals surface area contributed by atoms with Crippen LogP contribution < -0.4 is 10.6 Å². The van der Waals surface area contributed by atoms with Gasteiger partial charge in [-0.3, -0.25) is 9.89 Å². The molecule has 1 heterocycles. The maximum absolute atomic E-state index is 4.75. The molecule has 1 saturated heterocycles. The Kier molecular flexibility index (Phi) is 10.2. The van der Waals surface area contributed by atoms with E-state index in [0.29, 0.717) is 6.04 Å². The number of likely N-dealkylation sites (N-methyl/N-ethyl adjacent to an activating group) is 1. The summed E-state index contributed by atoms with van der Waals surface area (Å²) in [6.45, 7) is 17.4. The van der Waals surface area contributed by atoms with Gasteiger partial charge < -0.3 is 15.5 Å². The number of hydrogen-bond acceptors (Lipinski definition) is 3. The Morgan fingerprint density at radius 1 is 1.09 bits per heavy atom. The van der Waals surface area contributed by atoms with Crippen LogP contribution in [0.25, 0.3) is 0 Å². The Balaban J connectivity index is 2.34. The van der Waals surface area contributed by atoms with Crippen LogP contribution in [0.2, 0.25) is 0 Å². The lowest BCUT2D eigenvalue weighted by Crippen LogP contribution is -2.43. The molecule has 0 radical (unpaired) electrons. The molecule has 0 aromatic carbocycles. The third kappa shape index (κ3) is 7.45. The molecule has 5 nitrogen and oxygen atoms in total. The van der Waals surface area contributed by atoms with Crippen LogP contribution in [0.15, 0.2) is 4.99 Å². The number of nitrogens with zero attached hydrogens (tertiary/aromatic N) is 3. The highest BCUT2D eigenvalue weighted by molar-refractivity contribution is 5.79. The molecule has 1 unspecified atom stereocenters. The first-order valence-electron chi connectivity index (χ1n) is 9.19. The molecule has 0 aromatic rings. The maximum Gasteiger partial charge on any atom is 0.191 e. The van der Waals surface area contributed by atoms with E-state index in [-0.39, 0.29) is 0 Å². The summed E-state index contributed by atoms with van der Waals surface area (Å²) in [6.07, 6.45) is 4.11. The molecule has 22 heavy (non-hydrogen) atoms. The van der Waals surface area contributed by atoms with Gasteiger partial charge in [-0.05, 0) is 52.9 Å². The second kappa shape index (κ2) is 11.7. The van der Waals surface area contributed by atoms with E-state index in [4.69, 9.17) is 4.99 Å². The fraction of sp³-hybridized carbons (Fsp3) is 0.941. The van der Waals surface area contributed by atoms with Crippen LogP contribution in [0.1, 0.15) is 47.0 Å². The maximum atomic E-state index is 4.75. The topological polar surface area (TPSA) is 42.9 Å². The first kappa shape index (κ1) is 19.2. The van der Waals surface area contributed by atoms with Gasteiger partial charge in [-0.2, -0.15) is 0 Å². The van der Waals surface area contributed by atoms with Crippen molar-refractivity contribution in [3.8, 4) is 0 Å². The van der Waals surface area contributed by atoms with Crippen LogP contribution in [-0.4, -0.2) is 74.2 Å². The number of rotatable bonds is 9. The highest BCUT2D eigenvalue weighted by atomic mass is 15.2. The molecular weight excluding hydrogens is 274 g/mol. The van der Waals surface area contributed by atoms with Crippen LogP contribution in [0, 0.1) is 0 Å². The summed E-state index contributed by atoms with van der Waals surface area (Å²) < 4.78 is 0. The fourth-order valence-electron chi connectivity index (χ4n) is 3.04. The molecule has 0 spiro atoms. The van der Waals surface area contributed by atoms with E-state index < -0.39 is 0 Å². The van der Waals surface area contributed by atoms with Crippen molar-refractivity contribution in [3.63, 3.8) is 0 Å². The number of aliphatic imine (C=N–C) groups is 1. The predicted molar refractivity (Wildman–Crippen MR) is 96.7 cm³/mol. The molecule has 5 heteroatoms. The highest BCUT2D eigenvalue weighted by Gasteiger charge is 2.11. The lowest BCUT2D eigenvalue weighted by atomic mass is 10.1. The second-order valence-corrected chi connectivity index (χ2v) is 6.12. The summed E-state index contributed by atoms with van der Waals surface area (Å²) in [5, 5.41) is 6.83. The SMILES string of the molecule is CCNC(=NCC(C)N(CC)CC)NCCN1CCCCC1. The standard InChI is InChI=1S/C17H37N5/c1-5-18-17(20-15-16(4)22(6-2)7-3)19-11-14-21-12-9-8-10-13-21/h16H,5-15H2,1-4H3,(H2,18,19,20). The molecular formula is C17H37N5. The van der Waals surface area contributed by atoms with Gasteiger partial charge in [0.15, 0.2) is 5.96 Å². The lowest BCUT2D eigenvalue weighted by molar-refractivity contribution is 0.231. The Hall–Kier alpha value is -0.810. The average molecular weight is 312 g/mol. The van der Waals surface area contributed by atoms with Gasteiger partial charge in [0.05, 0.1) is 6.54 Å². The van der Waals surface area contributed by atoms with Gasteiger partial charge in [0.1, 0.15) is 0 Å². The predicted octanol–water partition coefficient (Wildman–Crippen LogP) is 1.76. The van der Waals surface area contributed by atoms with E-state index in [0.717, 1.165) is 45.2 Å². The molecule has 1 atom stereocenters. The van der Waals surface area contributed by atoms with Crippen molar-refractivity contribution in [2.45, 2.75) is 53.0 Å². The average Bonchev–Trinajstić information content (AvgIpc) is 2.54. The van der Waals surface area contributed by atoms with E-state index in [9.17, 15) is 0 Å². The number of likely N-dealkylation sites (tertiary alicyclic amines) is 1. The summed E-state index contributed by atoms with van der Waals surface area (Å²) in [4.78, 5) is 9.75. The van der Waals surface area contributed by atoms with Crippen molar-refractivity contribution in [2.24, 2.45) is 4.99 Å². The Bertz CT molecular complexity index is 295. The molecule has 0 aliphatic carbocycles. The first-order chi connectivity index (χ1) is 10.7. The summed E-state index contributed by atoms with van der Waals surface area (Å²) in [5.74, 6) is 0.957. The van der Waals surface area contributed by atoms with Crippen molar-refractivity contribution in [1.82, 2.24) is 20.4 Å². The van der Waals surface area contributed by atoms with Crippen molar-refractivity contribution in [2.75, 3.05) is 52.4 Å². The summed E-state index contributed by atoms with van der Waals surface area (Å²) in [6, 6.07) is 0.493. The van der Waals surface area contributed by atoms with Gasteiger partial charge in [-0.25, -0.2) is 0 Å². The van der Waals surface area contributed by atoms with Crippen molar-refractivity contribution in [3.05, 3.63) is 0 Å². The number of piperidine rings is 1. The van der Waals surface area contributed by atoms with Crippen LogP contribution in [0.3, 0.4) is 0 Å². The van der Waals surface area contributed by atoms with E-state index in [1.54, 1.807) is 0 Å². The first-order valence-corrected chi connectivity index (χ1v) is 9.19. The van der Waals surface area contributed by atoms with Gasteiger partial charge in [0, 0.05) is 25.7 Å². The minimum Gasteiger partial charge on any atom is -0.357 e. The van der Waals surface area contributed by atoms with Crippen molar-refractivity contribution >= 4 is 5.96 Å². The second-order valence-electron chi connectivity index (χ2n) is 6.12. The quantitative estimate of drug-likeness (QED) is 0.503. The largest absolute Gasteiger partial charge is 0.357 e. The highest BCUT2D eigenvalue weighted by Crippen LogP contribution is 2.07. The van der Waals surface area contributed by atoms with E-state index in [1.165, 1.54) is 32.4 Å². The molecule has 1 rings (SSSR count). The van der Waals surface area contributed by atoms with Gasteiger partial charge in [0.25, 0.3) is 0 Å². The number of hydrogen-bond donors (Lipinski definition) is 2. The van der Waals surface area contributed by atoms with Crippen molar-refractivity contribution < 1.29 is 0 Å². The zero-order valence-corrected chi connectivity index (χ0v) is 15.2. The monoisotopic (exact) mass is 311 g/mol. The molecule has 1 fully saturated rings. The normalized spacial score (nSPS) is 18.5. The molecule has 0 bridgehead atoms. The number of guanidine groups is 1. The Morgan fingerprint density at radius 2 is 1.77 bits per heavy atom. The van der Waals surface area contributed by atoms with Gasteiger partial charge in [-0.1, -0.05) is 20.3 Å². The van der Waals surface area contributed by atoms with E-state index in [2.05, 4.69) is 48.1 Å². The Morgan fingerprint density at radius 3 is 2.36 bits per heavy atom. The third-order valence-corrected chi connectivity index (χ3v) is 4.46. The third-order valence-electron chi connectivity index (χ3n) is 4.46. The van der Waals surface area contributed by atoms with Gasteiger partial charge >= 0.3 is 0 Å². The molecule has 1 aliphatic rings. The smallest absolute Gasteiger partial charge is 0.191 e. The minimum absolute atomic E-state index is 0.493. The summed E-state index contributed by atoms with van der Waals surface area (Å²) in [5.41, 5.74) is 0. The van der Waals surface area contributed by atoms with E-state index >= 15 is 0 Å². The van der Waals surface area contributed by atoms with Gasteiger partial charge in [-0.15, -0.1) is 0 Å². The molecule has 2 N–H and O–H groups in total. The van der Waals surface area contributed by atoms with Crippen LogP contribution in [0.4, 0.5) is 0 Å². The minimum atomic E-state index is 0.493. The number of nitrogens with one attached hydrogen (secondary N) is 2. The molecule has 0 amide bonds. The zero-order valence-electron chi connectivity index (χ0n) is 15.2. The summed E-state index contributed by atoms with van der Waals surface area (Å²) >= 11 is 0. The van der Waals surface area contributed by atoms with Crippen LogP contribution >= 0.6 is 0 Å². The fourth-order valence-corrected chi connectivity index (χ4v) is 3.04. The van der Waals surface area contributed by atoms with Crippen LogP contribution in [0.5, 0.6) is 0 Å². The Labute approximate surface area is 137 Å². The zero-order chi connectivity index (χ0) is 16.2. The summed E-state index contributed by atoms with van der Waals surface area (Å²) in [7, 11) is 0. The lowest BCUT2D eigenvalue weighted by Gasteiger charge is -2.27. The molecule has 1 aliphatic heterocycles. The van der Waals surface area contributed by atoms with Crippen LogP contribution in [-0.2, 0) is 0 Å². The van der Waals surface area contributed by atoms with Crippen molar-refractivity contribution in [1.29, 1.82) is 0 Å².